The number of nitrogens with one attached hydrogen (secondary N) is 1. The van der Waals surface area contributed by atoms with Gasteiger partial charge < -0.3 is 14.6 Å². The van der Waals surface area contributed by atoms with E-state index in [1.807, 2.05) is 12.5 Å². The van der Waals surface area contributed by atoms with E-state index in [1.54, 1.807) is 0 Å². The summed E-state index contributed by atoms with van der Waals surface area (Å²) in [6, 6.07) is 0. The van der Waals surface area contributed by atoms with Crippen LogP contribution < -0.4 is 5.32 Å². The molecule has 2 fully saturated rings. The summed E-state index contributed by atoms with van der Waals surface area (Å²) in [5, 5.41) is 3.43. The van der Waals surface area contributed by atoms with Crippen molar-refractivity contribution >= 4 is 0 Å². The maximum Gasteiger partial charge on any atom is 0.0949 e. The van der Waals surface area contributed by atoms with Gasteiger partial charge in [0, 0.05) is 37.4 Å². The van der Waals surface area contributed by atoms with Crippen LogP contribution in [0.1, 0.15) is 25.0 Å². The number of imidazole rings is 1. The Balaban J connectivity index is 1.64. The minimum absolute atomic E-state index is 0.302. The first kappa shape index (κ1) is 13.1. The third-order valence-electron chi connectivity index (χ3n) is 4.29. The molecule has 0 aliphatic carbocycles. The van der Waals surface area contributed by atoms with Crippen LogP contribution in [0.25, 0.3) is 0 Å². The zero-order valence-corrected chi connectivity index (χ0v) is 11.7. The highest BCUT2D eigenvalue weighted by atomic mass is 16.5. The fourth-order valence-corrected chi connectivity index (χ4v) is 3.13. The lowest BCUT2D eigenvalue weighted by Gasteiger charge is -2.32. The molecule has 1 N–H and O–H groups in total. The minimum Gasteiger partial charge on any atom is -0.374 e. The van der Waals surface area contributed by atoms with Crippen LogP contribution in [0.15, 0.2) is 12.5 Å². The van der Waals surface area contributed by atoms with Crippen molar-refractivity contribution in [2.75, 3.05) is 39.3 Å². The van der Waals surface area contributed by atoms with Crippen LogP contribution in [0.5, 0.6) is 0 Å². The third kappa shape index (κ3) is 2.99. The first-order valence-corrected chi connectivity index (χ1v) is 7.41. The van der Waals surface area contributed by atoms with Gasteiger partial charge in [0.2, 0.25) is 0 Å². The van der Waals surface area contributed by atoms with Crippen molar-refractivity contribution in [3.63, 3.8) is 0 Å². The average Bonchev–Trinajstić information content (AvgIpc) is 3.09. The van der Waals surface area contributed by atoms with Crippen molar-refractivity contribution in [2.45, 2.75) is 31.9 Å². The summed E-state index contributed by atoms with van der Waals surface area (Å²) >= 11 is 0. The predicted molar refractivity (Wildman–Crippen MR) is 74.3 cm³/mol. The van der Waals surface area contributed by atoms with E-state index >= 15 is 0 Å². The summed E-state index contributed by atoms with van der Waals surface area (Å²) < 4.78 is 8.19. The smallest absolute Gasteiger partial charge is 0.0949 e. The number of hydrogen-bond donors (Lipinski definition) is 1. The van der Waals surface area contributed by atoms with Gasteiger partial charge in [-0.15, -0.1) is 0 Å². The molecule has 0 amide bonds. The fourth-order valence-electron chi connectivity index (χ4n) is 3.13. The molecule has 2 aliphatic heterocycles. The van der Waals surface area contributed by atoms with Gasteiger partial charge in [0.05, 0.1) is 25.6 Å². The molecule has 0 aromatic carbocycles. The molecule has 2 atom stereocenters. The zero-order valence-electron chi connectivity index (χ0n) is 11.7. The van der Waals surface area contributed by atoms with E-state index in [2.05, 4.69) is 26.7 Å². The Kier molecular flexibility index (Phi) is 4.15. The third-order valence-corrected chi connectivity index (χ3v) is 4.29. The molecule has 3 rings (SSSR count). The van der Waals surface area contributed by atoms with Gasteiger partial charge in [-0.1, -0.05) is 6.92 Å². The highest BCUT2D eigenvalue weighted by Crippen LogP contribution is 2.22. The molecule has 2 aliphatic rings. The molecule has 0 bridgehead atoms. The van der Waals surface area contributed by atoms with Crippen LogP contribution in [0.4, 0.5) is 0 Å². The number of aromatic nitrogens is 2. The van der Waals surface area contributed by atoms with E-state index in [-0.39, 0.29) is 0 Å². The van der Waals surface area contributed by atoms with Crippen molar-refractivity contribution in [3.05, 3.63) is 18.2 Å². The van der Waals surface area contributed by atoms with Crippen molar-refractivity contribution in [3.8, 4) is 0 Å². The molecule has 3 heterocycles. The Morgan fingerprint density at radius 3 is 3.26 bits per heavy atom. The van der Waals surface area contributed by atoms with Gasteiger partial charge in [0.1, 0.15) is 0 Å². The second-order valence-corrected chi connectivity index (χ2v) is 5.55. The summed E-state index contributed by atoms with van der Waals surface area (Å²) in [6.07, 6.45) is 5.51. The lowest BCUT2D eigenvalue weighted by Crippen LogP contribution is -2.44. The first-order valence-electron chi connectivity index (χ1n) is 7.41. The van der Waals surface area contributed by atoms with Gasteiger partial charge in [-0.25, -0.2) is 4.98 Å². The highest BCUT2D eigenvalue weighted by molar-refractivity contribution is 5.09. The number of ether oxygens (including phenoxy) is 1. The Hall–Kier alpha value is -0.910. The fraction of sp³-hybridized carbons (Fsp3) is 0.786. The summed E-state index contributed by atoms with van der Waals surface area (Å²) in [6.45, 7) is 9.43. The maximum atomic E-state index is 5.90. The summed E-state index contributed by atoms with van der Waals surface area (Å²) in [7, 11) is 0. The molecule has 1 aromatic heterocycles. The zero-order chi connectivity index (χ0) is 13.1. The second-order valence-electron chi connectivity index (χ2n) is 5.55. The average molecular weight is 264 g/mol. The Morgan fingerprint density at radius 1 is 1.53 bits per heavy atom. The second kappa shape index (κ2) is 6.03. The van der Waals surface area contributed by atoms with E-state index < -0.39 is 0 Å². The van der Waals surface area contributed by atoms with Crippen LogP contribution in [-0.4, -0.2) is 59.9 Å². The van der Waals surface area contributed by atoms with Crippen LogP contribution in [0, 0.1) is 0 Å². The van der Waals surface area contributed by atoms with Crippen LogP contribution >= 0.6 is 0 Å². The molecule has 2 unspecified atom stereocenters. The van der Waals surface area contributed by atoms with Crippen molar-refractivity contribution in [1.29, 1.82) is 0 Å². The normalized spacial score (nSPS) is 28.9. The molecule has 1 aromatic rings. The van der Waals surface area contributed by atoms with Crippen LogP contribution in [-0.2, 0) is 11.3 Å². The van der Waals surface area contributed by atoms with E-state index in [4.69, 9.17) is 4.74 Å². The van der Waals surface area contributed by atoms with Crippen molar-refractivity contribution in [1.82, 2.24) is 19.8 Å². The number of rotatable bonds is 4. The lowest BCUT2D eigenvalue weighted by molar-refractivity contribution is -0.0346. The van der Waals surface area contributed by atoms with Gasteiger partial charge in [0.25, 0.3) is 0 Å². The predicted octanol–water partition coefficient (Wildman–Crippen LogP) is 0.681. The number of morpholine rings is 1. The lowest BCUT2D eigenvalue weighted by atomic mass is 10.1. The van der Waals surface area contributed by atoms with E-state index in [0.29, 0.717) is 12.0 Å². The molecule has 0 radical (unpaired) electrons. The molecule has 5 nitrogen and oxygen atoms in total. The number of hydrogen-bond acceptors (Lipinski definition) is 4. The Bertz CT molecular complexity index is 400. The largest absolute Gasteiger partial charge is 0.374 e. The number of nitrogens with zero attached hydrogens (tertiary/aromatic N) is 3. The van der Waals surface area contributed by atoms with Gasteiger partial charge in [-0.3, -0.25) is 4.90 Å². The van der Waals surface area contributed by atoms with Crippen LogP contribution in [0.3, 0.4) is 0 Å². The summed E-state index contributed by atoms with van der Waals surface area (Å²) in [5.74, 6) is 0.619. The van der Waals surface area contributed by atoms with Gasteiger partial charge in [-0.05, 0) is 19.5 Å². The first-order chi connectivity index (χ1) is 9.36. The number of likely N-dealkylation sites (N-methyl/N-ethyl adjacent to an activating group) is 1. The van der Waals surface area contributed by atoms with Gasteiger partial charge >= 0.3 is 0 Å². The quantitative estimate of drug-likeness (QED) is 0.868. The van der Waals surface area contributed by atoms with Gasteiger partial charge in [-0.2, -0.15) is 0 Å². The van der Waals surface area contributed by atoms with E-state index in [9.17, 15) is 0 Å². The molecule has 5 heteroatoms. The molecule has 106 valence electrons. The SMILES string of the molecule is CCN1CCOC(Cn2cncc2C2CCNC2)C1. The van der Waals surface area contributed by atoms with Gasteiger partial charge in [0.15, 0.2) is 0 Å². The maximum absolute atomic E-state index is 5.90. The molecule has 2 saturated heterocycles. The van der Waals surface area contributed by atoms with Crippen molar-refractivity contribution in [2.24, 2.45) is 0 Å². The topological polar surface area (TPSA) is 42.3 Å². The molecule has 0 saturated carbocycles. The molecular formula is C14H24N4O. The molecule has 0 spiro atoms. The Morgan fingerprint density at radius 2 is 2.47 bits per heavy atom. The standard InChI is InChI=1S/C14H24N4O/c1-2-17-5-6-19-13(9-17)10-18-11-16-8-14(18)12-3-4-15-7-12/h8,11-13,15H,2-7,9-10H2,1H3. The highest BCUT2D eigenvalue weighted by Gasteiger charge is 2.24. The minimum atomic E-state index is 0.302. The summed E-state index contributed by atoms with van der Waals surface area (Å²) in [4.78, 5) is 6.80. The van der Waals surface area contributed by atoms with Crippen molar-refractivity contribution < 1.29 is 4.74 Å². The molecule has 19 heavy (non-hydrogen) atoms. The van der Waals surface area contributed by atoms with E-state index in [1.165, 1.54) is 12.1 Å². The Labute approximate surface area is 114 Å². The molecular weight excluding hydrogens is 240 g/mol. The van der Waals surface area contributed by atoms with E-state index in [0.717, 1.165) is 45.9 Å². The van der Waals surface area contributed by atoms with Crippen LogP contribution in [0.2, 0.25) is 0 Å². The summed E-state index contributed by atoms with van der Waals surface area (Å²) in [5.41, 5.74) is 1.36. The monoisotopic (exact) mass is 264 g/mol.